The van der Waals surface area contributed by atoms with Gasteiger partial charge in [-0.2, -0.15) is 0 Å². The summed E-state index contributed by atoms with van der Waals surface area (Å²) in [5, 5.41) is 8.83. The second-order valence-corrected chi connectivity index (χ2v) is 4.46. The van der Waals surface area contributed by atoms with Crippen LogP contribution in [0.25, 0.3) is 0 Å². The molecular weight excluding hydrogens is 210 g/mol. The molecule has 0 aliphatic carbocycles. The van der Waals surface area contributed by atoms with Crippen molar-refractivity contribution in [1.29, 1.82) is 0 Å². The molecule has 2 rings (SSSR count). The van der Waals surface area contributed by atoms with Crippen molar-refractivity contribution < 1.29 is 19.4 Å². The summed E-state index contributed by atoms with van der Waals surface area (Å²) < 4.78 is 10.9. The summed E-state index contributed by atoms with van der Waals surface area (Å²) in [5.41, 5.74) is 0. The Balaban J connectivity index is 1.85. The molecule has 2 atom stereocenters. The Labute approximate surface area is 95.3 Å². The summed E-state index contributed by atoms with van der Waals surface area (Å²) in [6, 6.07) is 0.00968. The number of aliphatic carboxylic acids is 1. The van der Waals surface area contributed by atoms with Crippen LogP contribution in [0.15, 0.2) is 0 Å². The molecule has 0 saturated carbocycles. The summed E-state index contributed by atoms with van der Waals surface area (Å²) in [6.45, 7) is 3.74. The molecule has 92 valence electrons. The average molecular weight is 229 g/mol. The van der Waals surface area contributed by atoms with Crippen molar-refractivity contribution in [3.63, 3.8) is 0 Å². The van der Waals surface area contributed by atoms with Crippen LogP contribution in [-0.4, -0.2) is 61.0 Å². The van der Waals surface area contributed by atoms with Gasteiger partial charge in [-0.3, -0.25) is 9.69 Å². The zero-order valence-electron chi connectivity index (χ0n) is 9.43. The summed E-state index contributed by atoms with van der Waals surface area (Å²) in [4.78, 5) is 12.9. The predicted octanol–water partition coefficient (Wildman–Crippen LogP) is 0.341. The largest absolute Gasteiger partial charge is 0.481 e. The van der Waals surface area contributed by atoms with Gasteiger partial charge < -0.3 is 14.6 Å². The van der Waals surface area contributed by atoms with E-state index in [4.69, 9.17) is 14.6 Å². The van der Waals surface area contributed by atoms with E-state index in [0.29, 0.717) is 13.2 Å². The molecule has 0 aromatic rings. The topological polar surface area (TPSA) is 59.0 Å². The van der Waals surface area contributed by atoms with Crippen LogP contribution < -0.4 is 0 Å². The maximum Gasteiger partial charge on any atom is 0.305 e. The first kappa shape index (κ1) is 11.8. The smallest absolute Gasteiger partial charge is 0.305 e. The third-order valence-corrected chi connectivity index (χ3v) is 3.22. The zero-order chi connectivity index (χ0) is 11.4. The van der Waals surface area contributed by atoms with Crippen molar-refractivity contribution in [2.75, 3.05) is 32.9 Å². The average Bonchev–Trinajstić information content (AvgIpc) is 2.73. The van der Waals surface area contributed by atoms with E-state index in [9.17, 15) is 4.79 Å². The molecule has 5 nitrogen and oxygen atoms in total. The molecule has 0 spiro atoms. The van der Waals surface area contributed by atoms with E-state index in [1.165, 1.54) is 0 Å². The summed E-state index contributed by atoms with van der Waals surface area (Å²) >= 11 is 0. The number of nitrogens with zero attached hydrogens (tertiary/aromatic N) is 1. The number of hydrogen-bond donors (Lipinski definition) is 1. The van der Waals surface area contributed by atoms with Gasteiger partial charge in [0, 0.05) is 25.7 Å². The number of morpholine rings is 1. The minimum Gasteiger partial charge on any atom is -0.481 e. The number of carbonyl (C=O) groups is 1. The maximum atomic E-state index is 10.7. The molecule has 16 heavy (non-hydrogen) atoms. The van der Waals surface area contributed by atoms with Crippen LogP contribution >= 0.6 is 0 Å². The third-order valence-electron chi connectivity index (χ3n) is 3.22. The molecule has 0 radical (unpaired) electrons. The molecule has 1 N–H and O–H groups in total. The van der Waals surface area contributed by atoms with Gasteiger partial charge in [-0.05, 0) is 12.8 Å². The quantitative estimate of drug-likeness (QED) is 0.753. The summed E-state index contributed by atoms with van der Waals surface area (Å²) in [5.74, 6) is -0.757. The molecule has 2 unspecified atom stereocenters. The van der Waals surface area contributed by atoms with Gasteiger partial charge in [-0.15, -0.1) is 0 Å². The lowest BCUT2D eigenvalue weighted by molar-refractivity contribution is -0.140. The van der Waals surface area contributed by atoms with Crippen LogP contribution in [0.4, 0.5) is 0 Å². The van der Waals surface area contributed by atoms with Crippen LogP contribution in [0, 0.1) is 0 Å². The van der Waals surface area contributed by atoms with E-state index in [2.05, 4.69) is 4.90 Å². The highest BCUT2D eigenvalue weighted by molar-refractivity contribution is 5.67. The number of carboxylic acid groups (broad SMARTS) is 1. The van der Waals surface area contributed by atoms with Gasteiger partial charge in [0.15, 0.2) is 0 Å². The fourth-order valence-corrected chi connectivity index (χ4v) is 2.37. The Kier molecular flexibility index (Phi) is 4.15. The lowest BCUT2D eigenvalue weighted by atomic mass is 10.1. The summed E-state index contributed by atoms with van der Waals surface area (Å²) in [7, 11) is 0. The first-order valence-corrected chi connectivity index (χ1v) is 5.91. The molecular formula is C11H19NO4. The molecule has 0 bridgehead atoms. The fraction of sp³-hybridized carbons (Fsp3) is 0.909. The van der Waals surface area contributed by atoms with Crippen LogP contribution in [0.2, 0.25) is 0 Å². The minimum atomic E-state index is -0.757. The normalized spacial score (nSPS) is 31.8. The highest BCUT2D eigenvalue weighted by atomic mass is 16.5. The highest BCUT2D eigenvalue weighted by Gasteiger charge is 2.28. The maximum absolute atomic E-state index is 10.7. The first-order chi connectivity index (χ1) is 7.75. The monoisotopic (exact) mass is 229 g/mol. The Hall–Kier alpha value is -0.650. The minimum absolute atomic E-state index is 0.00968. The molecule has 2 aliphatic heterocycles. The van der Waals surface area contributed by atoms with Crippen molar-refractivity contribution in [1.82, 2.24) is 4.90 Å². The van der Waals surface area contributed by atoms with E-state index in [1.54, 1.807) is 0 Å². The van der Waals surface area contributed by atoms with Crippen LogP contribution in [0.1, 0.15) is 19.3 Å². The Bertz CT molecular complexity index is 240. The third kappa shape index (κ3) is 3.17. The number of carboxylic acids is 1. The zero-order valence-corrected chi connectivity index (χ0v) is 9.43. The fourth-order valence-electron chi connectivity index (χ4n) is 2.37. The number of rotatable bonds is 4. The van der Waals surface area contributed by atoms with E-state index < -0.39 is 5.97 Å². The Morgan fingerprint density at radius 3 is 3.00 bits per heavy atom. The number of ether oxygens (including phenoxy) is 2. The van der Waals surface area contributed by atoms with Gasteiger partial charge in [0.25, 0.3) is 0 Å². The van der Waals surface area contributed by atoms with Gasteiger partial charge in [0.1, 0.15) is 0 Å². The molecule has 0 aromatic heterocycles. The molecule has 2 aliphatic rings. The van der Waals surface area contributed by atoms with Crippen molar-refractivity contribution in [2.24, 2.45) is 0 Å². The highest BCUT2D eigenvalue weighted by Crippen LogP contribution is 2.17. The van der Waals surface area contributed by atoms with E-state index in [0.717, 1.165) is 32.5 Å². The standard InChI is InChI=1S/C11H19NO4/c13-11(14)6-9-8-15-5-3-12(9)7-10-2-1-4-16-10/h9-10H,1-8H2,(H,13,14). The molecule has 2 fully saturated rings. The Morgan fingerprint density at radius 2 is 2.31 bits per heavy atom. The molecule has 0 aromatic carbocycles. The second kappa shape index (κ2) is 5.61. The van der Waals surface area contributed by atoms with E-state index in [-0.39, 0.29) is 18.6 Å². The van der Waals surface area contributed by atoms with Gasteiger partial charge in [-0.1, -0.05) is 0 Å². The van der Waals surface area contributed by atoms with E-state index in [1.807, 2.05) is 0 Å². The van der Waals surface area contributed by atoms with E-state index >= 15 is 0 Å². The van der Waals surface area contributed by atoms with Crippen molar-refractivity contribution >= 4 is 5.97 Å². The number of hydrogen-bond acceptors (Lipinski definition) is 4. The van der Waals surface area contributed by atoms with Crippen LogP contribution in [0.3, 0.4) is 0 Å². The molecule has 5 heteroatoms. The Morgan fingerprint density at radius 1 is 1.44 bits per heavy atom. The van der Waals surface area contributed by atoms with Gasteiger partial charge >= 0.3 is 5.97 Å². The lowest BCUT2D eigenvalue weighted by Gasteiger charge is -2.36. The molecule has 2 saturated heterocycles. The van der Waals surface area contributed by atoms with Crippen molar-refractivity contribution in [3.05, 3.63) is 0 Å². The molecule has 2 heterocycles. The van der Waals surface area contributed by atoms with Gasteiger partial charge in [0.05, 0.1) is 25.7 Å². The molecule has 0 amide bonds. The van der Waals surface area contributed by atoms with Crippen LogP contribution in [0.5, 0.6) is 0 Å². The lowest BCUT2D eigenvalue weighted by Crippen LogP contribution is -2.49. The van der Waals surface area contributed by atoms with Gasteiger partial charge in [0.2, 0.25) is 0 Å². The van der Waals surface area contributed by atoms with Crippen molar-refractivity contribution in [3.8, 4) is 0 Å². The predicted molar refractivity (Wildman–Crippen MR) is 57.4 cm³/mol. The first-order valence-electron chi connectivity index (χ1n) is 5.91. The van der Waals surface area contributed by atoms with Crippen molar-refractivity contribution in [2.45, 2.75) is 31.4 Å². The second-order valence-electron chi connectivity index (χ2n) is 4.46. The summed E-state index contributed by atoms with van der Waals surface area (Å²) in [6.07, 6.45) is 2.66. The van der Waals surface area contributed by atoms with Crippen LogP contribution in [-0.2, 0) is 14.3 Å². The SMILES string of the molecule is O=C(O)CC1COCCN1CC1CCCO1. The van der Waals surface area contributed by atoms with Gasteiger partial charge in [-0.25, -0.2) is 0 Å².